The first-order valence-electron chi connectivity index (χ1n) is 26.5. The molecule has 4 unspecified atom stereocenters. The van der Waals surface area contributed by atoms with Gasteiger partial charge in [0.2, 0.25) is 11.8 Å². The standard InChI is InChI=1S/C46H81N9O32/c56-16-24(62)43(86-45-41(80)39(78)37(76)26(18-58)84-45)35(74)22(60)9-51-82-20-30(66)49-3-1-47-28(64)11-54(14-33(70)71)7-5-53(13-32(68)69)6-8-55(15-34(72)73)12-29(65)48-2-4-50-31(67)21-83-52-10-23(61)36(75)44(25(63)17-57)87-46-42(81)40(79)38(77)27(19-59)85-46/h9-10,22-27,35-46,56-63,74-81H,1-8,11-21H2,(H,47,64)(H,48,65)(H,49,66)(H,50,67)(H,68,69)(H,70,71)(H,72,73)/b51-9+,52-10+/t22?,23?,24?,25?,26-,27+,35-,36-,37+,38+,39-,40+,41+,42+,43+,44-,45+,46+/m0/s1. The second-order valence-electron chi connectivity index (χ2n) is 19.4. The summed E-state index contributed by atoms with van der Waals surface area (Å²) in [5.74, 6) is -7.13. The van der Waals surface area contributed by atoms with Crippen LogP contribution in [0.3, 0.4) is 0 Å². The first-order chi connectivity index (χ1) is 41.1. The van der Waals surface area contributed by atoms with Gasteiger partial charge in [0.1, 0.15) is 97.7 Å². The van der Waals surface area contributed by atoms with Crippen LogP contribution in [0.4, 0.5) is 0 Å². The maximum absolute atomic E-state index is 12.8. The number of nitrogens with zero attached hydrogens (tertiary/aromatic N) is 5. The smallest absolute Gasteiger partial charge is 0.317 e. The number of carboxylic acids is 3. The maximum Gasteiger partial charge on any atom is 0.317 e. The number of aliphatic hydroxyl groups is 16. The Balaban J connectivity index is 1.81. The summed E-state index contributed by atoms with van der Waals surface area (Å²) in [6.07, 6.45) is -32.9. The zero-order chi connectivity index (χ0) is 65.5. The van der Waals surface area contributed by atoms with Gasteiger partial charge in [-0.1, -0.05) is 10.3 Å². The first kappa shape index (κ1) is 77.4. The second-order valence-corrected chi connectivity index (χ2v) is 19.4. The molecule has 2 fully saturated rings. The molecule has 0 saturated carbocycles. The molecule has 2 saturated heterocycles. The van der Waals surface area contributed by atoms with Crippen molar-refractivity contribution in [1.82, 2.24) is 36.0 Å². The summed E-state index contributed by atoms with van der Waals surface area (Å²) in [5.41, 5.74) is 0. The number of carboxylic acid groups (broad SMARTS) is 3. The van der Waals surface area contributed by atoms with E-state index in [4.69, 9.17) is 28.6 Å². The first-order valence-corrected chi connectivity index (χ1v) is 26.5. The van der Waals surface area contributed by atoms with Gasteiger partial charge in [0, 0.05) is 52.4 Å². The molecule has 87 heavy (non-hydrogen) atoms. The Kier molecular flexibility index (Phi) is 36.3. The molecule has 0 aromatic heterocycles. The molecule has 23 N–H and O–H groups in total. The van der Waals surface area contributed by atoms with Gasteiger partial charge in [-0.05, 0) is 0 Å². The number of ether oxygens (including phenoxy) is 4. The molecular weight excluding hydrogens is 1190 g/mol. The second kappa shape index (κ2) is 40.8. The highest BCUT2D eigenvalue weighted by Crippen LogP contribution is 2.26. The van der Waals surface area contributed by atoms with Gasteiger partial charge in [-0.3, -0.25) is 48.3 Å². The molecule has 4 amide bonds. The number of aliphatic hydroxyl groups excluding tert-OH is 16. The Hall–Kier alpha value is -5.69. The summed E-state index contributed by atoms with van der Waals surface area (Å²) in [5, 5.41) is 205. The molecule has 18 atom stereocenters. The predicted octanol–water partition coefficient (Wildman–Crippen LogP) is -15.9. The van der Waals surface area contributed by atoms with Crippen molar-refractivity contribution >= 4 is 54.0 Å². The van der Waals surface area contributed by atoms with Crippen LogP contribution >= 0.6 is 0 Å². The molecule has 2 aliphatic rings. The highest BCUT2D eigenvalue weighted by atomic mass is 16.7. The van der Waals surface area contributed by atoms with Crippen molar-refractivity contribution in [2.24, 2.45) is 10.3 Å². The van der Waals surface area contributed by atoms with Gasteiger partial charge >= 0.3 is 17.9 Å². The lowest BCUT2D eigenvalue weighted by molar-refractivity contribution is -0.326. The third-order valence-electron chi connectivity index (χ3n) is 12.6. The van der Waals surface area contributed by atoms with E-state index in [0.29, 0.717) is 12.4 Å². The van der Waals surface area contributed by atoms with Crippen molar-refractivity contribution in [3.8, 4) is 0 Å². The number of nitrogens with one attached hydrogen (secondary N) is 4. The van der Waals surface area contributed by atoms with Crippen molar-refractivity contribution < 1.29 is 159 Å². The number of hydrogen-bond acceptors (Lipinski definition) is 34. The fourth-order valence-electron chi connectivity index (χ4n) is 7.91. The molecular formula is C46H81N9O32. The molecule has 41 nitrogen and oxygen atoms in total. The Morgan fingerprint density at radius 2 is 0.759 bits per heavy atom. The van der Waals surface area contributed by atoms with E-state index >= 15 is 0 Å². The monoisotopic (exact) mass is 1270 g/mol. The summed E-state index contributed by atoms with van der Waals surface area (Å²) < 4.78 is 20.9. The molecule has 0 aromatic carbocycles. The summed E-state index contributed by atoms with van der Waals surface area (Å²) in [7, 11) is 0. The van der Waals surface area contributed by atoms with E-state index in [1.807, 2.05) is 0 Å². The van der Waals surface area contributed by atoms with Crippen LogP contribution in [0.25, 0.3) is 0 Å². The van der Waals surface area contributed by atoms with E-state index in [2.05, 4.69) is 31.6 Å². The van der Waals surface area contributed by atoms with Crippen molar-refractivity contribution in [2.45, 2.75) is 110 Å². The number of oxime groups is 2. The molecule has 0 radical (unpaired) electrons. The van der Waals surface area contributed by atoms with Crippen LogP contribution in [0.1, 0.15) is 0 Å². The van der Waals surface area contributed by atoms with Gasteiger partial charge in [0.25, 0.3) is 11.8 Å². The van der Waals surface area contributed by atoms with Crippen molar-refractivity contribution in [3.63, 3.8) is 0 Å². The lowest BCUT2D eigenvalue weighted by atomic mass is 9.98. The summed E-state index contributed by atoms with van der Waals surface area (Å²) in [6, 6.07) is 0. The van der Waals surface area contributed by atoms with E-state index in [9.17, 15) is 131 Å². The average molecular weight is 1270 g/mol. The SMILES string of the molecule is O=C(O)CN(CCN(CC(=O)O)CC(=O)NCCNC(=O)CO/N=C/C(O)[C@H](O)[C@H](O[C@H]1O[C@@H](CO)[C@@H](O)[C@H](O)[C@H]1O)C(O)CO)CCN(CC(=O)O)CC(=O)NCCNC(=O)CO/N=C/C(O)[C@H](O)[C@@H](O[C@H]1O[C@H](CO)[C@@H](O)[C@@H](O)[C@H]1O)C(O)CO. The molecule has 502 valence electrons. The maximum atomic E-state index is 12.8. The molecule has 0 aliphatic carbocycles. The molecule has 0 aromatic rings. The minimum absolute atomic E-state index is 0.175. The highest BCUT2D eigenvalue weighted by molar-refractivity contribution is 5.80. The molecule has 41 heteroatoms. The van der Waals surface area contributed by atoms with Crippen LogP contribution in [-0.2, 0) is 62.2 Å². The van der Waals surface area contributed by atoms with Gasteiger partial charge in [0.15, 0.2) is 25.8 Å². The van der Waals surface area contributed by atoms with E-state index < -0.39 is 224 Å². The normalized spacial score (nSPS) is 25.3. The zero-order valence-corrected chi connectivity index (χ0v) is 46.5. The van der Waals surface area contributed by atoms with Crippen LogP contribution in [0.5, 0.6) is 0 Å². The van der Waals surface area contributed by atoms with Crippen molar-refractivity contribution in [2.75, 3.05) is 125 Å². The average Bonchev–Trinajstić information content (AvgIpc) is 3.23. The molecule has 2 aliphatic heterocycles. The van der Waals surface area contributed by atoms with Crippen LogP contribution in [0.2, 0.25) is 0 Å². The molecule has 0 spiro atoms. The fraction of sp³-hybridized carbons (Fsp3) is 0.804. The Morgan fingerprint density at radius 3 is 1.07 bits per heavy atom. The number of aliphatic carboxylic acids is 3. The van der Waals surface area contributed by atoms with Gasteiger partial charge < -0.3 is 147 Å². The van der Waals surface area contributed by atoms with Crippen LogP contribution in [0.15, 0.2) is 10.3 Å². The van der Waals surface area contributed by atoms with Crippen molar-refractivity contribution in [3.05, 3.63) is 0 Å². The number of rotatable bonds is 44. The van der Waals surface area contributed by atoms with Gasteiger partial charge in [-0.2, -0.15) is 0 Å². The Bertz CT molecular complexity index is 2010. The van der Waals surface area contributed by atoms with Crippen LogP contribution < -0.4 is 21.3 Å². The quantitative estimate of drug-likeness (QED) is 0.0153. The minimum Gasteiger partial charge on any atom is -0.480 e. The fourth-order valence-corrected chi connectivity index (χ4v) is 7.91. The molecule has 0 bridgehead atoms. The van der Waals surface area contributed by atoms with Crippen LogP contribution in [-0.4, -0.2) is 401 Å². The van der Waals surface area contributed by atoms with Gasteiger partial charge in [-0.15, -0.1) is 0 Å². The number of hydrogen-bond donors (Lipinski definition) is 23. The highest BCUT2D eigenvalue weighted by Gasteiger charge is 2.48. The Morgan fingerprint density at radius 1 is 0.448 bits per heavy atom. The van der Waals surface area contributed by atoms with Gasteiger partial charge in [0.05, 0.1) is 71.6 Å². The summed E-state index contributed by atoms with van der Waals surface area (Å²) in [6.45, 7) is -10.0. The Labute approximate surface area is 493 Å². The number of carbonyl (C=O) groups excluding carboxylic acids is 4. The zero-order valence-electron chi connectivity index (χ0n) is 46.5. The van der Waals surface area contributed by atoms with E-state index in [0.717, 1.165) is 9.80 Å². The number of amides is 4. The van der Waals surface area contributed by atoms with E-state index in [-0.39, 0.29) is 52.4 Å². The summed E-state index contributed by atoms with van der Waals surface area (Å²) >= 11 is 0. The lowest BCUT2D eigenvalue weighted by Crippen LogP contribution is -2.61. The molecule has 2 rings (SSSR count). The topological polar surface area (TPSA) is 642 Å². The minimum atomic E-state index is -2.13. The van der Waals surface area contributed by atoms with Crippen molar-refractivity contribution in [1.29, 1.82) is 0 Å². The largest absolute Gasteiger partial charge is 0.480 e. The third kappa shape index (κ3) is 28.1. The van der Waals surface area contributed by atoms with E-state index in [1.54, 1.807) is 0 Å². The van der Waals surface area contributed by atoms with Crippen LogP contribution in [0, 0.1) is 0 Å². The van der Waals surface area contributed by atoms with Gasteiger partial charge in [-0.25, -0.2) is 0 Å². The predicted molar refractivity (Wildman–Crippen MR) is 281 cm³/mol. The lowest BCUT2D eigenvalue weighted by Gasteiger charge is -2.42. The molecule has 2 heterocycles. The van der Waals surface area contributed by atoms with E-state index in [1.165, 1.54) is 4.90 Å². The number of carbonyl (C=O) groups is 7. The summed E-state index contributed by atoms with van der Waals surface area (Å²) in [4.78, 5) is 98.2. The third-order valence-corrected chi connectivity index (χ3v) is 12.6.